The summed E-state index contributed by atoms with van der Waals surface area (Å²) in [5, 5.41) is 8.54. The van der Waals surface area contributed by atoms with Crippen molar-refractivity contribution in [1.82, 2.24) is 0 Å². The van der Waals surface area contributed by atoms with Crippen LogP contribution in [0.25, 0.3) is 0 Å². The van der Waals surface area contributed by atoms with Gasteiger partial charge >= 0.3 is 5.97 Å². The third kappa shape index (κ3) is 4.75. The minimum Gasteiger partial charge on any atom is -0.458 e. The van der Waals surface area contributed by atoms with Crippen LogP contribution in [0, 0.1) is 0 Å². The number of esters is 1. The third-order valence-corrected chi connectivity index (χ3v) is 2.02. The number of carbonyl (C=O) groups is 1. The van der Waals surface area contributed by atoms with Crippen LogP contribution in [0.5, 0.6) is 0 Å². The van der Waals surface area contributed by atoms with E-state index in [4.69, 9.17) is 9.84 Å². The van der Waals surface area contributed by atoms with Crippen molar-refractivity contribution >= 4 is 5.97 Å². The van der Waals surface area contributed by atoms with E-state index in [2.05, 4.69) is 0 Å². The van der Waals surface area contributed by atoms with Gasteiger partial charge in [-0.3, -0.25) is 0 Å². The molecule has 0 bridgehead atoms. The predicted molar refractivity (Wildman–Crippen MR) is 62.2 cm³/mol. The van der Waals surface area contributed by atoms with Crippen LogP contribution in [-0.4, -0.2) is 24.3 Å². The molecule has 0 aliphatic carbocycles. The Labute approximate surface area is 95.4 Å². The molecule has 0 aromatic heterocycles. The Morgan fingerprint density at radius 2 is 2.00 bits per heavy atom. The average molecular weight is 220 g/mol. The zero-order valence-corrected chi connectivity index (χ0v) is 9.13. The second-order valence-corrected chi connectivity index (χ2v) is 3.30. The van der Waals surface area contributed by atoms with Crippen LogP contribution in [0.15, 0.2) is 42.5 Å². The summed E-state index contributed by atoms with van der Waals surface area (Å²) >= 11 is 0. The lowest BCUT2D eigenvalue weighted by Crippen LogP contribution is -2.04. The highest BCUT2D eigenvalue weighted by atomic mass is 16.5. The smallest absolute Gasteiger partial charge is 0.338 e. The van der Waals surface area contributed by atoms with E-state index >= 15 is 0 Å². The number of hydrogen-bond acceptors (Lipinski definition) is 3. The van der Waals surface area contributed by atoms with E-state index in [0.717, 1.165) is 12.8 Å². The molecule has 0 amide bonds. The lowest BCUT2D eigenvalue weighted by molar-refractivity contribution is 0.0549. The van der Waals surface area contributed by atoms with Gasteiger partial charge in [0.2, 0.25) is 0 Å². The first-order valence-corrected chi connectivity index (χ1v) is 5.32. The maximum Gasteiger partial charge on any atom is 0.338 e. The molecule has 0 radical (unpaired) electrons. The molecule has 86 valence electrons. The molecule has 1 rings (SSSR count). The van der Waals surface area contributed by atoms with Crippen molar-refractivity contribution in [3.63, 3.8) is 0 Å². The zero-order chi connectivity index (χ0) is 11.6. The number of aliphatic hydroxyl groups is 1. The van der Waals surface area contributed by atoms with Gasteiger partial charge in [0.15, 0.2) is 0 Å². The molecule has 3 heteroatoms. The first-order chi connectivity index (χ1) is 7.84. The average Bonchev–Trinajstić information content (AvgIpc) is 2.34. The van der Waals surface area contributed by atoms with E-state index in [1.807, 2.05) is 12.1 Å². The molecular weight excluding hydrogens is 204 g/mol. The first kappa shape index (κ1) is 12.5. The van der Waals surface area contributed by atoms with E-state index in [1.54, 1.807) is 30.3 Å². The molecule has 0 aliphatic rings. The van der Waals surface area contributed by atoms with Crippen molar-refractivity contribution in [2.24, 2.45) is 0 Å². The fourth-order valence-electron chi connectivity index (χ4n) is 1.18. The summed E-state index contributed by atoms with van der Waals surface area (Å²) in [7, 11) is 0. The number of unbranched alkanes of at least 4 members (excludes halogenated alkanes) is 1. The normalized spacial score (nSPS) is 10.6. The molecule has 0 aliphatic heterocycles. The van der Waals surface area contributed by atoms with Gasteiger partial charge in [0.25, 0.3) is 0 Å². The van der Waals surface area contributed by atoms with Crippen LogP contribution in [0.3, 0.4) is 0 Å². The Morgan fingerprint density at radius 3 is 2.69 bits per heavy atom. The second-order valence-electron chi connectivity index (χ2n) is 3.30. The Hall–Kier alpha value is -1.61. The highest BCUT2D eigenvalue weighted by molar-refractivity contribution is 5.89. The first-order valence-electron chi connectivity index (χ1n) is 5.32. The number of carbonyl (C=O) groups excluding carboxylic acids is 1. The molecule has 1 N–H and O–H groups in total. The van der Waals surface area contributed by atoms with Gasteiger partial charge in [0, 0.05) is 6.61 Å². The number of ether oxygens (including phenoxy) is 1. The molecule has 1 aromatic rings. The zero-order valence-electron chi connectivity index (χ0n) is 9.13. The van der Waals surface area contributed by atoms with Crippen molar-refractivity contribution in [3.8, 4) is 0 Å². The maximum atomic E-state index is 11.4. The van der Waals surface area contributed by atoms with E-state index in [9.17, 15) is 4.79 Å². The number of benzene rings is 1. The van der Waals surface area contributed by atoms with Crippen LogP contribution >= 0.6 is 0 Å². The minimum absolute atomic E-state index is 0.189. The monoisotopic (exact) mass is 220 g/mol. The molecule has 0 heterocycles. The lowest BCUT2D eigenvalue weighted by atomic mass is 10.2. The Kier molecular flexibility index (Phi) is 5.96. The van der Waals surface area contributed by atoms with Gasteiger partial charge in [-0.2, -0.15) is 0 Å². The van der Waals surface area contributed by atoms with Crippen LogP contribution < -0.4 is 0 Å². The van der Waals surface area contributed by atoms with E-state index in [0.29, 0.717) is 5.56 Å². The number of allylic oxidation sites excluding steroid dienone is 1. The highest BCUT2D eigenvalue weighted by Crippen LogP contribution is 2.01. The van der Waals surface area contributed by atoms with Gasteiger partial charge in [0.1, 0.15) is 6.61 Å². The van der Waals surface area contributed by atoms with Gasteiger partial charge in [0.05, 0.1) is 5.56 Å². The third-order valence-electron chi connectivity index (χ3n) is 2.02. The highest BCUT2D eigenvalue weighted by Gasteiger charge is 2.03. The lowest BCUT2D eigenvalue weighted by Gasteiger charge is -2.00. The van der Waals surface area contributed by atoms with E-state index < -0.39 is 0 Å². The Balaban J connectivity index is 2.23. The fourth-order valence-corrected chi connectivity index (χ4v) is 1.18. The summed E-state index contributed by atoms with van der Waals surface area (Å²) in [6.45, 7) is 0.466. The molecule has 3 nitrogen and oxygen atoms in total. The molecule has 0 atom stereocenters. The molecule has 16 heavy (non-hydrogen) atoms. The summed E-state index contributed by atoms with van der Waals surface area (Å²) < 4.78 is 5.02. The van der Waals surface area contributed by atoms with Crippen molar-refractivity contribution < 1.29 is 14.6 Å². The van der Waals surface area contributed by atoms with Crippen molar-refractivity contribution in [2.75, 3.05) is 13.2 Å². The van der Waals surface area contributed by atoms with Gasteiger partial charge in [-0.25, -0.2) is 4.79 Å². The topological polar surface area (TPSA) is 46.5 Å². The predicted octanol–water partition coefficient (Wildman–Crippen LogP) is 2.17. The number of rotatable bonds is 6. The minimum atomic E-state index is -0.313. The SMILES string of the molecule is O=C(OC/C=C/CCCO)c1ccccc1. The van der Waals surface area contributed by atoms with Crippen LogP contribution in [-0.2, 0) is 4.74 Å². The Bertz CT molecular complexity index is 330. The van der Waals surface area contributed by atoms with Gasteiger partial charge in [-0.15, -0.1) is 0 Å². The maximum absolute atomic E-state index is 11.4. The van der Waals surface area contributed by atoms with Crippen molar-refractivity contribution in [2.45, 2.75) is 12.8 Å². The molecular formula is C13H16O3. The molecule has 0 fully saturated rings. The molecule has 0 saturated heterocycles. The molecule has 0 spiro atoms. The number of hydrogen-bond donors (Lipinski definition) is 1. The van der Waals surface area contributed by atoms with Crippen LogP contribution in [0.4, 0.5) is 0 Å². The van der Waals surface area contributed by atoms with E-state index in [1.165, 1.54) is 0 Å². The van der Waals surface area contributed by atoms with Crippen LogP contribution in [0.1, 0.15) is 23.2 Å². The van der Waals surface area contributed by atoms with Crippen molar-refractivity contribution in [3.05, 3.63) is 48.0 Å². The number of aliphatic hydroxyl groups excluding tert-OH is 1. The van der Waals surface area contributed by atoms with Gasteiger partial charge in [-0.05, 0) is 25.0 Å². The molecule has 1 aromatic carbocycles. The summed E-state index contributed by atoms with van der Waals surface area (Å²) in [5.74, 6) is -0.313. The summed E-state index contributed by atoms with van der Waals surface area (Å²) in [6.07, 6.45) is 5.23. The second kappa shape index (κ2) is 7.65. The molecule has 0 saturated carbocycles. The summed E-state index contributed by atoms with van der Waals surface area (Å²) in [5.41, 5.74) is 0.561. The van der Waals surface area contributed by atoms with E-state index in [-0.39, 0.29) is 19.2 Å². The fraction of sp³-hybridized carbons (Fsp3) is 0.308. The summed E-state index contributed by atoms with van der Waals surface area (Å²) in [4.78, 5) is 11.4. The molecule has 0 unspecified atom stereocenters. The van der Waals surface area contributed by atoms with Gasteiger partial charge in [-0.1, -0.05) is 30.4 Å². The summed E-state index contributed by atoms with van der Waals surface area (Å²) in [6, 6.07) is 8.89. The van der Waals surface area contributed by atoms with Gasteiger partial charge < -0.3 is 9.84 Å². The standard InChI is InChI=1S/C13H16O3/c14-10-6-1-2-7-11-16-13(15)12-8-4-3-5-9-12/h2-5,7-9,14H,1,6,10-11H2/b7-2+. The van der Waals surface area contributed by atoms with Crippen LogP contribution in [0.2, 0.25) is 0 Å². The largest absolute Gasteiger partial charge is 0.458 e. The Morgan fingerprint density at radius 1 is 1.25 bits per heavy atom. The quantitative estimate of drug-likeness (QED) is 0.454. The van der Waals surface area contributed by atoms with Crippen molar-refractivity contribution in [1.29, 1.82) is 0 Å².